The van der Waals surface area contributed by atoms with Crippen molar-refractivity contribution in [3.05, 3.63) is 64.3 Å². The second-order valence-electron chi connectivity index (χ2n) is 8.42. The number of hydrogen-bond acceptors (Lipinski definition) is 4. The summed E-state index contributed by atoms with van der Waals surface area (Å²) in [5.41, 5.74) is 6.00. The molecule has 0 fully saturated rings. The minimum atomic E-state index is -3.51. The summed E-state index contributed by atoms with van der Waals surface area (Å²) in [6.45, 7) is 0.666. The van der Waals surface area contributed by atoms with Crippen LogP contribution in [0, 0.1) is 0 Å². The van der Waals surface area contributed by atoms with Gasteiger partial charge in [0.05, 0.1) is 18.0 Å². The fourth-order valence-electron chi connectivity index (χ4n) is 4.55. The molecule has 0 N–H and O–H groups in total. The molecule has 9 heteroatoms. The minimum absolute atomic E-state index is 0.182. The van der Waals surface area contributed by atoms with E-state index in [2.05, 4.69) is 6.07 Å². The molecule has 5 rings (SSSR count). The Morgan fingerprint density at radius 2 is 1.84 bits per heavy atom. The van der Waals surface area contributed by atoms with Crippen LogP contribution < -0.4 is 4.74 Å². The van der Waals surface area contributed by atoms with Gasteiger partial charge in [0.2, 0.25) is 0 Å². The molecule has 0 unspecified atom stereocenters. The van der Waals surface area contributed by atoms with E-state index in [1.807, 2.05) is 41.1 Å². The first kappa shape index (κ1) is 21.5. The largest absolute Gasteiger partial charge is 0.491 e. The van der Waals surface area contributed by atoms with Gasteiger partial charge in [0.1, 0.15) is 11.4 Å². The topological polar surface area (TPSA) is 67.7 Å². The third kappa shape index (κ3) is 3.42. The average molecular weight is 473 g/mol. The number of rotatable bonds is 5. The number of ether oxygens (including phenoxy) is 1. The lowest BCUT2D eigenvalue weighted by atomic mass is 10.0. The number of halogens is 1. The van der Waals surface area contributed by atoms with Gasteiger partial charge in [0.15, 0.2) is 0 Å². The molecular formula is C23H25ClN4O3S. The lowest BCUT2D eigenvalue weighted by Crippen LogP contribution is -2.44. The van der Waals surface area contributed by atoms with Gasteiger partial charge in [0, 0.05) is 56.2 Å². The number of hydrogen-bond donors (Lipinski definition) is 0. The third-order valence-corrected chi connectivity index (χ3v) is 8.52. The van der Waals surface area contributed by atoms with E-state index in [9.17, 15) is 8.42 Å². The predicted molar refractivity (Wildman–Crippen MR) is 125 cm³/mol. The van der Waals surface area contributed by atoms with Crippen LogP contribution in [-0.4, -0.2) is 60.6 Å². The van der Waals surface area contributed by atoms with Crippen LogP contribution in [0.4, 0.5) is 0 Å². The van der Waals surface area contributed by atoms with E-state index < -0.39 is 10.2 Å². The van der Waals surface area contributed by atoms with Crippen molar-refractivity contribution in [2.45, 2.75) is 25.3 Å². The maximum absolute atomic E-state index is 12.7. The average Bonchev–Trinajstić information content (AvgIpc) is 3.47. The highest BCUT2D eigenvalue weighted by Crippen LogP contribution is 2.40. The molecule has 1 aromatic heterocycles. The first-order valence-electron chi connectivity index (χ1n) is 10.5. The summed E-state index contributed by atoms with van der Waals surface area (Å²) in [4.78, 5) is 0. The summed E-state index contributed by atoms with van der Waals surface area (Å²) in [5, 5.41) is 5.63. The van der Waals surface area contributed by atoms with Crippen LogP contribution in [-0.2, 0) is 29.5 Å². The van der Waals surface area contributed by atoms with Gasteiger partial charge in [-0.15, -0.1) is 0 Å². The molecule has 2 heterocycles. The molecular weight excluding hydrogens is 448 g/mol. The van der Waals surface area contributed by atoms with Crippen LogP contribution in [0.2, 0.25) is 5.02 Å². The molecule has 168 valence electrons. The van der Waals surface area contributed by atoms with Crippen LogP contribution in [0.25, 0.3) is 16.9 Å². The number of likely N-dealkylation sites (N-methyl/N-ethyl adjacent to an activating group) is 1. The van der Waals surface area contributed by atoms with Crippen LogP contribution in [0.3, 0.4) is 0 Å². The molecule has 3 aromatic rings. The van der Waals surface area contributed by atoms with Crippen molar-refractivity contribution < 1.29 is 13.2 Å². The maximum atomic E-state index is 12.7. The zero-order chi connectivity index (χ0) is 22.6. The molecule has 0 saturated heterocycles. The lowest BCUT2D eigenvalue weighted by molar-refractivity contribution is 0.347. The highest BCUT2D eigenvalue weighted by molar-refractivity contribution is 7.86. The van der Waals surface area contributed by atoms with Gasteiger partial charge in [-0.25, -0.2) is 4.68 Å². The van der Waals surface area contributed by atoms with Gasteiger partial charge in [0.25, 0.3) is 10.2 Å². The quantitative estimate of drug-likeness (QED) is 0.571. The second-order valence-corrected chi connectivity index (χ2v) is 11.1. The van der Waals surface area contributed by atoms with Gasteiger partial charge >= 0.3 is 0 Å². The summed E-state index contributed by atoms with van der Waals surface area (Å²) in [6, 6.07) is 13.6. The first-order valence-corrected chi connectivity index (χ1v) is 12.3. The van der Waals surface area contributed by atoms with E-state index in [0.717, 1.165) is 40.4 Å². The molecule has 0 spiro atoms. The minimum Gasteiger partial charge on any atom is -0.491 e. The van der Waals surface area contributed by atoms with Crippen molar-refractivity contribution in [3.63, 3.8) is 0 Å². The molecule has 0 radical (unpaired) electrons. The van der Waals surface area contributed by atoms with Crippen molar-refractivity contribution in [1.82, 2.24) is 18.4 Å². The summed E-state index contributed by atoms with van der Waals surface area (Å²) in [5.74, 6) is 0.868. The van der Waals surface area contributed by atoms with E-state index in [-0.39, 0.29) is 6.04 Å². The third-order valence-electron chi connectivity index (χ3n) is 6.31. The second kappa shape index (κ2) is 7.88. The number of fused-ring (bicyclic) bond motifs is 2. The molecule has 32 heavy (non-hydrogen) atoms. The van der Waals surface area contributed by atoms with E-state index in [0.29, 0.717) is 24.5 Å². The Kier molecular flexibility index (Phi) is 5.28. The van der Waals surface area contributed by atoms with Crippen LogP contribution in [0.5, 0.6) is 5.75 Å². The standard InChI is InChI=1S/C23H25ClN4O3S/c1-26(2)32(29,30)27(3)18-13-19-20(14-18)25-28(22(19)15-7-9-17(24)10-8-15)21-6-4-5-16-11-12-31-23(16)21/h4-10,18H,11-14H2,1-3H3/t18-/m0/s1. The van der Waals surface area contributed by atoms with E-state index >= 15 is 0 Å². The van der Waals surface area contributed by atoms with Crippen molar-refractivity contribution >= 4 is 21.8 Å². The van der Waals surface area contributed by atoms with Crippen LogP contribution in [0.1, 0.15) is 16.8 Å². The van der Waals surface area contributed by atoms with Crippen molar-refractivity contribution in [1.29, 1.82) is 0 Å². The van der Waals surface area contributed by atoms with E-state index in [4.69, 9.17) is 21.4 Å². The van der Waals surface area contributed by atoms with Crippen LogP contribution >= 0.6 is 11.6 Å². The van der Waals surface area contributed by atoms with Crippen molar-refractivity contribution in [2.75, 3.05) is 27.7 Å². The number of nitrogens with zero attached hydrogens (tertiary/aromatic N) is 4. The summed E-state index contributed by atoms with van der Waals surface area (Å²) < 4.78 is 36.0. The highest BCUT2D eigenvalue weighted by atomic mass is 35.5. The predicted octanol–water partition coefficient (Wildman–Crippen LogP) is 3.33. The molecule has 1 atom stereocenters. The fraction of sp³-hybridized carbons (Fsp3) is 0.348. The Balaban J connectivity index is 1.62. The molecule has 2 aliphatic rings. The molecule has 0 saturated carbocycles. The monoisotopic (exact) mass is 472 g/mol. The van der Waals surface area contributed by atoms with E-state index in [1.165, 1.54) is 14.2 Å². The Labute approximate surface area is 193 Å². The lowest BCUT2D eigenvalue weighted by Gasteiger charge is -2.27. The Bertz CT molecular complexity index is 1290. The number of para-hydroxylation sites is 1. The fourth-order valence-corrected chi connectivity index (χ4v) is 5.72. The van der Waals surface area contributed by atoms with Crippen molar-refractivity contribution in [3.8, 4) is 22.7 Å². The van der Waals surface area contributed by atoms with Gasteiger partial charge in [-0.3, -0.25) is 0 Å². The maximum Gasteiger partial charge on any atom is 0.281 e. The molecule has 0 amide bonds. The van der Waals surface area contributed by atoms with Gasteiger partial charge in [-0.05, 0) is 30.2 Å². The molecule has 1 aliphatic heterocycles. The molecule has 7 nitrogen and oxygen atoms in total. The SMILES string of the molecule is CN(C)S(=O)(=O)N(C)[C@@H]1Cc2nn(-c3cccc4c3OCC4)c(-c3ccc(Cl)cc3)c2C1. The van der Waals surface area contributed by atoms with Gasteiger partial charge < -0.3 is 4.74 Å². The molecule has 0 bridgehead atoms. The Hall–Kier alpha value is -2.39. The Morgan fingerprint density at radius 3 is 2.56 bits per heavy atom. The Morgan fingerprint density at radius 1 is 1.09 bits per heavy atom. The van der Waals surface area contributed by atoms with Crippen molar-refractivity contribution in [2.24, 2.45) is 0 Å². The van der Waals surface area contributed by atoms with Gasteiger partial charge in [-0.2, -0.15) is 22.1 Å². The van der Waals surface area contributed by atoms with E-state index in [1.54, 1.807) is 21.1 Å². The smallest absolute Gasteiger partial charge is 0.281 e. The number of benzene rings is 2. The zero-order valence-electron chi connectivity index (χ0n) is 18.2. The summed E-state index contributed by atoms with van der Waals surface area (Å²) in [7, 11) is 1.23. The zero-order valence-corrected chi connectivity index (χ0v) is 19.8. The molecule has 2 aromatic carbocycles. The first-order chi connectivity index (χ1) is 15.3. The normalized spacial score (nSPS) is 17.6. The van der Waals surface area contributed by atoms with Crippen LogP contribution in [0.15, 0.2) is 42.5 Å². The summed E-state index contributed by atoms with van der Waals surface area (Å²) >= 11 is 6.15. The molecule has 1 aliphatic carbocycles. The highest BCUT2D eigenvalue weighted by Gasteiger charge is 2.37. The van der Waals surface area contributed by atoms with Gasteiger partial charge in [-0.1, -0.05) is 35.9 Å². The number of aromatic nitrogens is 2. The summed E-state index contributed by atoms with van der Waals surface area (Å²) in [6.07, 6.45) is 2.03.